The number of carbonyl (C=O) groups excluding carboxylic acids is 3. The zero-order valence-corrected chi connectivity index (χ0v) is 20.9. The van der Waals surface area contributed by atoms with Gasteiger partial charge < -0.3 is 19.3 Å². The van der Waals surface area contributed by atoms with E-state index >= 15 is 0 Å². The van der Waals surface area contributed by atoms with Crippen molar-refractivity contribution in [3.63, 3.8) is 0 Å². The van der Waals surface area contributed by atoms with Gasteiger partial charge in [-0.05, 0) is 29.5 Å². The van der Waals surface area contributed by atoms with Gasteiger partial charge in [0.2, 0.25) is 11.8 Å². The summed E-state index contributed by atoms with van der Waals surface area (Å²) in [6, 6.07) is 6.00. The van der Waals surface area contributed by atoms with E-state index in [1.807, 2.05) is 4.90 Å². The normalized spacial score (nSPS) is 20.4. The average molecular weight is 499 g/mol. The number of piperidine rings is 1. The molecule has 1 N–H and O–H groups in total. The van der Waals surface area contributed by atoms with Gasteiger partial charge >= 0.3 is 0 Å². The monoisotopic (exact) mass is 499 g/mol. The van der Waals surface area contributed by atoms with Crippen LogP contribution in [0.5, 0.6) is 5.75 Å². The van der Waals surface area contributed by atoms with Crippen molar-refractivity contribution in [3.05, 3.63) is 46.5 Å². The zero-order valence-electron chi connectivity index (χ0n) is 20.9. The minimum Gasteiger partial charge on any atom is -0.489 e. The number of imide groups is 1. The lowest BCUT2D eigenvalue weighted by Gasteiger charge is -2.44. The molecule has 10 radical (unpaired) electrons. The molecule has 3 heterocycles. The van der Waals surface area contributed by atoms with Gasteiger partial charge in [0.25, 0.3) is 5.91 Å². The number of ether oxygens (including phenoxy) is 2. The van der Waals surface area contributed by atoms with Crippen LogP contribution in [0.1, 0.15) is 39.9 Å². The highest BCUT2D eigenvalue weighted by Gasteiger charge is 2.40. The number of nitrogens with one attached hydrogen (secondary N) is 1. The zero-order chi connectivity index (χ0) is 27.2. The minimum atomic E-state index is -1.39. The Kier molecular flexibility index (Phi) is 7.26. The Morgan fingerprint density at radius 3 is 2.53 bits per heavy atom. The van der Waals surface area contributed by atoms with Crippen molar-refractivity contribution in [2.75, 3.05) is 26.3 Å². The van der Waals surface area contributed by atoms with E-state index in [1.54, 1.807) is 24.3 Å². The molecule has 5 rings (SSSR count). The Hall–Kier alpha value is -2.91. The van der Waals surface area contributed by atoms with Gasteiger partial charge in [-0.2, -0.15) is 0 Å². The molecule has 0 aromatic heterocycles. The van der Waals surface area contributed by atoms with Crippen molar-refractivity contribution < 1.29 is 23.9 Å². The van der Waals surface area contributed by atoms with Crippen LogP contribution < -0.4 is 26.4 Å². The van der Waals surface area contributed by atoms with Crippen LogP contribution in [0.4, 0.5) is 0 Å². The Labute approximate surface area is 228 Å². The van der Waals surface area contributed by atoms with Crippen LogP contribution in [0.3, 0.4) is 0 Å². The summed E-state index contributed by atoms with van der Waals surface area (Å²) >= 11 is 0. The van der Waals surface area contributed by atoms with Crippen LogP contribution in [0.15, 0.2) is 24.3 Å². The number of rotatable bonds is 6. The summed E-state index contributed by atoms with van der Waals surface area (Å²) < 4.78 is 11.5. The summed E-state index contributed by atoms with van der Waals surface area (Å²) in [5.41, 5.74) is 2.68. The van der Waals surface area contributed by atoms with E-state index in [9.17, 15) is 14.4 Å². The molecule has 38 heavy (non-hydrogen) atoms. The van der Waals surface area contributed by atoms with Gasteiger partial charge in [0.05, 0.1) is 35.5 Å². The molecule has 0 aliphatic carbocycles. The number of hydrogen-bond acceptors (Lipinski definition) is 6. The molecule has 0 spiro atoms. The predicted octanol–water partition coefficient (Wildman–Crippen LogP) is -2.81. The number of morpholine rings is 1. The number of amides is 3. The summed E-state index contributed by atoms with van der Waals surface area (Å²) in [5.74, 6) is -0.661. The third kappa shape index (κ3) is 4.71. The molecule has 3 aliphatic rings. The SMILES string of the molecule is [B]c1cc(C([B])([B])N2CCOCC2)c([B])c([B])c1COc1cccc2c1CN(C1CCC(=O)NC1=O)C2=O. The first kappa shape index (κ1) is 26.7. The molecule has 0 bridgehead atoms. The van der Waals surface area contributed by atoms with E-state index in [0.29, 0.717) is 59.8 Å². The smallest absolute Gasteiger partial charge is 0.255 e. The summed E-state index contributed by atoms with van der Waals surface area (Å²) in [7, 11) is 32.1. The standard InChI is InChI=1S/C25H22B5N3O5/c26-17-10-16(25(29,30)32-6-8-37-9-7-32)22(28)21(27)15(17)12-38-19-3-1-2-13-14(19)11-33(24(13)36)18-4-5-20(34)31-23(18)35/h1-3,10,18H,4-9,11-12H2,(H,31,34,35). The molecular formula is C25H22B5N3O5. The first-order valence-electron chi connectivity index (χ1n) is 12.4. The third-order valence-electron chi connectivity index (χ3n) is 7.43. The Bertz CT molecular complexity index is 1310. The summed E-state index contributed by atoms with van der Waals surface area (Å²) in [5, 5.41) is 0.906. The van der Waals surface area contributed by atoms with Gasteiger partial charge in [-0.25, -0.2) is 0 Å². The van der Waals surface area contributed by atoms with E-state index in [0.717, 1.165) is 0 Å². The fourth-order valence-electron chi connectivity index (χ4n) is 5.22. The molecule has 13 heteroatoms. The Balaban J connectivity index is 1.36. The van der Waals surface area contributed by atoms with Crippen molar-refractivity contribution >= 4 is 73.3 Å². The lowest BCUT2D eigenvalue weighted by atomic mass is 9.52. The number of carbonyl (C=O) groups is 3. The second kappa shape index (κ2) is 10.3. The van der Waals surface area contributed by atoms with E-state index < -0.39 is 17.3 Å². The highest BCUT2D eigenvalue weighted by molar-refractivity contribution is 6.53. The molecule has 2 fully saturated rings. The van der Waals surface area contributed by atoms with Crippen LogP contribution in [0.25, 0.3) is 0 Å². The molecule has 8 nitrogen and oxygen atoms in total. The van der Waals surface area contributed by atoms with Gasteiger partial charge in [0.1, 0.15) is 41.9 Å². The van der Waals surface area contributed by atoms with E-state index in [2.05, 4.69) is 5.32 Å². The molecule has 182 valence electrons. The van der Waals surface area contributed by atoms with Crippen molar-refractivity contribution in [2.24, 2.45) is 0 Å². The molecule has 2 aromatic carbocycles. The average Bonchev–Trinajstić information content (AvgIpc) is 3.23. The van der Waals surface area contributed by atoms with Crippen molar-refractivity contribution in [1.82, 2.24) is 15.1 Å². The molecule has 1 atom stereocenters. The number of benzene rings is 2. The second-order valence-electron chi connectivity index (χ2n) is 9.71. The second-order valence-corrected chi connectivity index (χ2v) is 9.71. The van der Waals surface area contributed by atoms with Crippen molar-refractivity contribution in [1.29, 1.82) is 0 Å². The number of hydrogen-bond donors (Lipinski definition) is 1. The first-order chi connectivity index (χ1) is 18.1. The minimum absolute atomic E-state index is 0.0229. The quantitative estimate of drug-likeness (QED) is 0.342. The van der Waals surface area contributed by atoms with Crippen LogP contribution in [0, 0.1) is 0 Å². The molecule has 2 aromatic rings. The number of nitrogens with zero attached hydrogens (tertiary/aromatic N) is 2. The fraction of sp³-hybridized carbons (Fsp3) is 0.400. The Morgan fingerprint density at radius 2 is 1.82 bits per heavy atom. The van der Waals surface area contributed by atoms with Crippen LogP contribution in [-0.4, -0.2) is 99.1 Å². The third-order valence-corrected chi connectivity index (χ3v) is 7.43. The van der Waals surface area contributed by atoms with Gasteiger partial charge in [0.15, 0.2) is 0 Å². The largest absolute Gasteiger partial charge is 0.489 e. The summed E-state index contributed by atoms with van der Waals surface area (Å²) in [6.07, 6.45) is 0.446. The van der Waals surface area contributed by atoms with Crippen LogP contribution in [-0.2, 0) is 32.8 Å². The maximum atomic E-state index is 13.1. The lowest BCUT2D eigenvalue weighted by molar-refractivity contribution is -0.136. The van der Waals surface area contributed by atoms with Gasteiger partial charge in [-0.1, -0.05) is 34.1 Å². The van der Waals surface area contributed by atoms with E-state index in [4.69, 9.17) is 48.7 Å². The highest BCUT2D eigenvalue weighted by atomic mass is 16.5. The van der Waals surface area contributed by atoms with E-state index in [1.165, 1.54) is 4.90 Å². The summed E-state index contributed by atoms with van der Waals surface area (Å²) in [6.45, 7) is 2.21. The van der Waals surface area contributed by atoms with Gasteiger partial charge in [0, 0.05) is 30.6 Å². The van der Waals surface area contributed by atoms with Gasteiger partial charge in [-0.3, -0.25) is 19.7 Å². The fourth-order valence-corrected chi connectivity index (χ4v) is 5.22. The molecular weight excluding hydrogens is 476 g/mol. The first-order valence-corrected chi connectivity index (χ1v) is 12.4. The summed E-state index contributed by atoms with van der Waals surface area (Å²) in [4.78, 5) is 40.3. The maximum Gasteiger partial charge on any atom is 0.255 e. The highest BCUT2D eigenvalue weighted by Crippen LogP contribution is 2.34. The molecule has 3 amide bonds. The van der Waals surface area contributed by atoms with Crippen LogP contribution in [0.2, 0.25) is 0 Å². The molecule has 0 saturated carbocycles. The predicted molar refractivity (Wildman–Crippen MR) is 145 cm³/mol. The Morgan fingerprint density at radius 1 is 1.08 bits per heavy atom. The number of fused-ring (bicyclic) bond motifs is 1. The van der Waals surface area contributed by atoms with Crippen LogP contribution >= 0.6 is 0 Å². The van der Waals surface area contributed by atoms with Crippen molar-refractivity contribution in [2.45, 2.75) is 37.4 Å². The van der Waals surface area contributed by atoms with E-state index in [-0.39, 0.29) is 48.7 Å². The topological polar surface area (TPSA) is 88.2 Å². The lowest BCUT2D eigenvalue weighted by Crippen LogP contribution is -2.56. The van der Waals surface area contributed by atoms with Crippen molar-refractivity contribution in [3.8, 4) is 5.75 Å². The molecule has 2 saturated heterocycles. The molecule has 1 unspecified atom stereocenters. The maximum absolute atomic E-state index is 13.1. The van der Waals surface area contributed by atoms with Gasteiger partial charge in [-0.15, -0.1) is 0 Å². The molecule has 3 aliphatic heterocycles.